The molecule has 10 nitrogen and oxygen atoms in total. The Morgan fingerprint density at radius 1 is 1.31 bits per heavy atom. The molecule has 2 aliphatic heterocycles. The summed E-state index contributed by atoms with van der Waals surface area (Å²) in [4.78, 5) is 25.4. The number of nitrogens with zero attached hydrogens (tertiary/aromatic N) is 2. The van der Waals surface area contributed by atoms with Crippen LogP contribution in [0.5, 0.6) is 0 Å². The first kappa shape index (κ1) is 25.3. The lowest BCUT2D eigenvalue weighted by atomic mass is 9.76. The first-order valence-electron chi connectivity index (χ1n) is 11.9. The summed E-state index contributed by atoms with van der Waals surface area (Å²) in [5, 5.41) is 7.82. The molecule has 11 heteroatoms. The van der Waals surface area contributed by atoms with Crippen molar-refractivity contribution in [1.82, 2.24) is 19.8 Å². The van der Waals surface area contributed by atoms with E-state index in [0.717, 1.165) is 30.7 Å². The molecule has 1 saturated heterocycles. The topological polar surface area (TPSA) is 129 Å². The van der Waals surface area contributed by atoms with Crippen LogP contribution in [0.15, 0.2) is 29.2 Å². The van der Waals surface area contributed by atoms with Crippen molar-refractivity contribution in [3.8, 4) is 0 Å². The molecule has 0 saturated carbocycles. The van der Waals surface area contributed by atoms with Gasteiger partial charge in [0.15, 0.2) is 0 Å². The number of esters is 1. The minimum atomic E-state index is -3.65. The van der Waals surface area contributed by atoms with E-state index in [2.05, 4.69) is 10.0 Å². The molecule has 35 heavy (non-hydrogen) atoms. The highest BCUT2D eigenvalue weighted by Gasteiger charge is 2.39. The Hall–Kier alpha value is -2.76. The van der Waals surface area contributed by atoms with Gasteiger partial charge in [0, 0.05) is 32.7 Å². The summed E-state index contributed by atoms with van der Waals surface area (Å²) in [5.74, 6) is -0.665. The first-order valence-corrected chi connectivity index (χ1v) is 13.4. The van der Waals surface area contributed by atoms with Gasteiger partial charge in [-0.2, -0.15) is 5.10 Å². The van der Waals surface area contributed by atoms with Crippen LogP contribution in [0.1, 0.15) is 58.3 Å². The van der Waals surface area contributed by atoms with Crippen molar-refractivity contribution in [3.05, 3.63) is 46.8 Å². The van der Waals surface area contributed by atoms with E-state index in [4.69, 9.17) is 14.6 Å². The lowest BCUT2D eigenvalue weighted by Crippen LogP contribution is -2.40. The zero-order valence-corrected chi connectivity index (χ0v) is 20.9. The molecule has 2 N–H and O–H groups in total. The highest BCUT2D eigenvalue weighted by atomic mass is 32.2. The third-order valence-electron chi connectivity index (χ3n) is 6.81. The Labute approximate surface area is 205 Å². The number of rotatable bonds is 8. The molecular formula is C24H32N4O6S. The minimum Gasteiger partial charge on any atom is -0.462 e. The summed E-state index contributed by atoms with van der Waals surface area (Å²) in [6.07, 6.45) is 3.69. The number of fused-ring (bicyclic) bond motifs is 1. The lowest BCUT2D eigenvalue weighted by molar-refractivity contribution is 0.0152. The molecule has 3 heterocycles. The molecule has 1 amide bonds. The van der Waals surface area contributed by atoms with E-state index in [-0.39, 0.29) is 28.4 Å². The molecule has 1 aromatic heterocycles. The number of hydrogen-bond acceptors (Lipinski definition) is 7. The van der Waals surface area contributed by atoms with Gasteiger partial charge >= 0.3 is 5.97 Å². The normalized spacial score (nSPS) is 17.5. The Kier molecular flexibility index (Phi) is 7.58. The van der Waals surface area contributed by atoms with Crippen molar-refractivity contribution in [2.75, 3.05) is 33.4 Å². The van der Waals surface area contributed by atoms with Crippen LogP contribution in [0, 0.1) is 5.41 Å². The quantitative estimate of drug-likeness (QED) is 0.413. The molecule has 4 rings (SSSR count). The Morgan fingerprint density at radius 3 is 2.80 bits per heavy atom. The van der Waals surface area contributed by atoms with Crippen molar-refractivity contribution in [3.63, 3.8) is 0 Å². The Morgan fingerprint density at radius 2 is 2.09 bits per heavy atom. The van der Waals surface area contributed by atoms with Crippen LogP contribution in [0.4, 0.5) is 0 Å². The van der Waals surface area contributed by atoms with Crippen molar-refractivity contribution in [1.29, 1.82) is 0 Å². The molecule has 0 unspecified atom stereocenters. The van der Waals surface area contributed by atoms with Crippen molar-refractivity contribution >= 4 is 21.9 Å². The number of aromatic nitrogens is 2. The number of ether oxygens (including phenoxy) is 2. The molecule has 0 aliphatic carbocycles. The van der Waals surface area contributed by atoms with E-state index in [1.807, 2.05) is 11.6 Å². The molecule has 1 spiro atoms. The number of nitrogens with one attached hydrogen (secondary N) is 2. The summed E-state index contributed by atoms with van der Waals surface area (Å²) < 4.78 is 39.1. The smallest absolute Gasteiger partial charge is 0.338 e. The fourth-order valence-corrected chi connectivity index (χ4v) is 5.50. The molecule has 1 aromatic carbocycles. The summed E-state index contributed by atoms with van der Waals surface area (Å²) in [6, 6.07) is 5.73. The number of carbonyl (C=O) groups is 2. The second kappa shape index (κ2) is 10.5. The van der Waals surface area contributed by atoms with Gasteiger partial charge in [0.05, 0.1) is 34.0 Å². The van der Waals surface area contributed by atoms with Gasteiger partial charge in [0.1, 0.15) is 0 Å². The van der Waals surface area contributed by atoms with Crippen LogP contribution >= 0.6 is 0 Å². The van der Waals surface area contributed by atoms with E-state index in [1.165, 1.54) is 31.3 Å². The summed E-state index contributed by atoms with van der Waals surface area (Å²) in [7, 11) is -2.34. The number of carbonyl (C=O) groups excluding carboxylic acids is 2. The number of amides is 1. The summed E-state index contributed by atoms with van der Waals surface area (Å²) in [5.41, 5.74) is 2.53. The van der Waals surface area contributed by atoms with E-state index in [1.54, 1.807) is 0 Å². The minimum absolute atomic E-state index is 0.00102. The van der Waals surface area contributed by atoms with E-state index in [9.17, 15) is 18.0 Å². The third-order valence-corrected chi connectivity index (χ3v) is 8.22. The van der Waals surface area contributed by atoms with Gasteiger partial charge in [0.25, 0.3) is 5.91 Å². The largest absolute Gasteiger partial charge is 0.462 e. The fraction of sp³-hybridized carbons (Fsp3) is 0.542. The van der Waals surface area contributed by atoms with Crippen molar-refractivity contribution in [2.24, 2.45) is 5.41 Å². The van der Waals surface area contributed by atoms with Crippen LogP contribution in [-0.2, 0) is 38.9 Å². The van der Waals surface area contributed by atoms with Gasteiger partial charge in [-0.15, -0.1) is 0 Å². The maximum absolute atomic E-state index is 12.9. The first-order chi connectivity index (χ1) is 16.8. The second-order valence-electron chi connectivity index (χ2n) is 9.04. The average Bonchev–Trinajstić information content (AvgIpc) is 3.15. The number of hydrogen-bond donors (Lipinski definition) is 2. The number of benzene rings is 1. The van der Waals surface area contributed by atoms with Gasteiger partial charge < -0.3 is 14.8 Å². The summed E-state index contributed by atoms with van der Waals surface area (Å²) >= 11 is 0. The van der Waals surface area contributed by atoms with Gasteiger partial charge in [-0.05, 0) is 56.3 Å². The molecule has 0 radical (unpaired) electrons. The third kappa shape index (κ3) is 5.41. The van der Waals surface area contributed by atoms with Crippen LogP contribution in [0.25, 0.3) is 0 Å². The molecule has 0 atom stereocenters. The monoisotopic (exact) mass is 504 g/mol. The molecule has 2 aromatic rings. The van der Waals surface area contributed by atoms with E-state index in [0.29, 0.717) is 44.7 Å². The number of sulfonamides is 1. The van der Waals surface area contributed by atoms with Crippen molar-refractivity contribution < 1.29 is 27.5 Å². The number of aryl methyl sites for hydroxylation is 2. The predicted molar refractivity (Wildman–Crippen MR) is 128 cm³/mol. The van der Waals surface area contributed by atoms with E-state index < -0.39 is 16.0 Å². The van der Waals surface area contributed by atoms with E-state index >= 15 is 0 Å². The SMILES string of the molecule is CCc1nn(CCCOC(=O)c2cccc(S(=O)(=O)NC)c2)c2c1C(=O)NCC1(CCOCC1)C2. The van der Waals surface area contributed by atoms with Crippen molar-refractivity contribution in [2.45, 2.75) is 50.5 Å². The summed E-state index contributed by atoms with van der Waals surface area (Å²) in [6.45, 7) is 4.64. The van der Waals surface area contributed by atoms with Gasteiger partial charge in [-0.3, -0.25) is 9.48 Å². The van der Waals surface area contributed by atoms with Crippen LogP contribution in [0.3, 0.4) is 0 Å². The van der Waals surface area contributed by atoms with Crippen LogP contribution in [0.2, 0.25) is 0 Å². The molecule has 2 aliphatic rings. The van der Waals surface area contributed by atoms with Gasteiger partial charge in [-0.1, -0.05) is 13.0 Å². The Bertz CT molecular complexity index is 1200. The van der Waals surface area contributed by atoms with Crippen LogP contribution < -0.4 is 10.0 Å². The highest BCUT2D eigenvalue weighted by Crippen LogP contribution is 2.37. The van der Waals surface area contributed by atoms with Crippen LogP contribution in [-0.4, -0.2) is 63.5 Å². The maximum atomic E-state index is 12.9. The van der Waals surface area contributed by atoms with Gasteiger partial charge in [-0.25, -0.2) is 17.9 Å². The predicted octanol–water partition coefficient (Wildman–Crippen LogP) is 1.68. The lowest BCUT2D eigenvalue weighted by Gasteiger charge is -2.36. The average molecular weight is 505 g/mol. The Balaban J connectivity index is 1.43. The zero-order valence-electron chi connectivity index (χ0n) is 20.1. The fourth-order valence-electron chi connectivity index (χ4n) is 4.73. The maximum Gasteiger partial charge on any atom is 0.338 e. The van der Waals surface area contributed by atoms with Gasteiger partial charge in [0.2, 0.25) is 10.0 Å². The molecule has 0 bridgehead atoms. The molecule has 190 valence electrons. The molecule has 1 fully saturated rings. The highest BCUT2D eigenvalue weighted by molar-refractivity contribution is 7.89. The zero-order chi connectivity index (χ0) is 25.1. The molecular weight excluding hydrogens is 472 g/mol. The second-order valence-corrected chi connectivity index (χ2v) is 10.9. The standard InChI is InChI=1S/C24H32N4O6S/c1-3-19-21-20(15-24(16-26-22(21)29)8-12-33-13-9-24)28(27-19)10-5-11-34-23(30)17-6-4-7-18(14-17)35(31,32)25-2/h4,6-7,14,25H,3,5,8-13,15-16H2,1-2H3,(H,26,29).